The van der Waals surface area contributed by atoms with Gasteiger partial charge >= 0.3 is 5.97 Å². The van der Waals surface area contributed by atoms with Crippen LogP contribution in [-0.2, 0) is 0 Å². The molecule has 0 aliphatic carbocycles. The highest BCUT2D eigenvalue weighted by atomic mass is 16.5. The third kappa shape index (κ3) is 2.54. The van der Waals surface area contributed by atoms with Crippen LogP contribution in [0.2, 0.25) is 0 Å². The van der Waals surface area contributed by atoms with Gasteiger partial charge < -0.3 is 9.84 Å². The number of rotatable bonds is 4. The number of fused-ring (bicyclic) bond motifs is 1. The summed E-state index contributed by atoms with van der Waals surface area (Å²) < 4.78 is 6.83. The first-order valence-corrected chi connectivity index (χ1v) is 7.65. The van der Waals surface area contributed by atoms with Gasteiger partial charge in [-0.15, -0.1) is 0 Å². The molecule has 1 heterocycles. The Kier molecular flexibility index (Phi) is 4.08. The molecule has 3 aromatic rings. The average Bonchev–Trinajstić information content (AvgIpc) is 2.87. The van der Waals surface area contributed by atoms with Crippen molar-refractivity contribution < 1.29 is 19.4 Å². The molecule has 122 valence electrons. The molecule has 5 nitrogen and oxygen atoms in total. The molecule has 0 unspecified atom stereocenters. The number of para-hydroxylation sites is 1. The Hall–Kier alpha value is -3.08. The van der Waals surface area contributed by atoms with E-state index in [2.05, 4.69) is 0 Å². The fourth-order valence-corrected chi connectivity index (χ4v) is 2.89. The molecule has 3 rings (SSSR count). The number of carbonyl (C=O) groups is 2. The number of ether oxygens (including phenoxy) is 1. The van der Waals surface area contributed by atoms with E-state index < -0.39 is 5.97 Å². The summed E-state index contributed by atoms with van der Waals surface area (Å²) in [5.74, 6) is -0.615. The lowest BCUT2D eigenvalue weighted by atomic mass is 10.1. The largest absolute Gasteiger partial charge is 0.494 e. The Labute approximate surface area is 139 Å². The molecule has 0 spiro atoms. The quantitative estimate of drug-likeness (QED) is 0.794. The van der Waals surface area contributed by atoms with Gasteiger partial charge in [-0.25, -0.2) is 4.79 Å². The van der Waals surface area contributed by atoms with Crippen LogP contribution in [0.25, 0.3) is 10.9 Å². The topological polar surface area (TPSA) is 68.5 Å². The maximum atomic E-state index is 12.9. The van der Waals surface area contributed by atoms with Gasteiger partial charge in [0.1, 0.15) is 5.75 Å². The number of hydrogen-bond acceptors (Lipinski definition) is 3. The molecule has 2 aromatic carbocycles. The summed E-state index contributed by atoms with van der Waals surface area (Å²) in [6, 6.07) is 13.8. The van der Waals surface area contributed by atoms with E-state index in [0.29, 0.717) is 34.5 Å². The summed E-state index contributed by atoms with van der Waals surface area (Å²) in [4.78, 5) is 24.5. The summed E-state index contributed by atoms with van der Waals surface area (Å²) in [6.07, 6.45) is 0. The Bertz CT molecular complexity index is 922. The van der Waals surface area contributed by atoms with Crippen LogP contribution in [-0.4, -0.2) is 28.2 Å². The molecular weight excluding hydrogens is 306 g/mol. The van der Waals surface area contributed by atoms with E-state index in [-0.39, 0.29) is 11.5 Å². The number of carbonyl (C=O) groups excluding carboxylic acids is 1. The summed E-state index contributed by atoms with van der Waals surface area (Å²) in [5, 5.41) is 10.0. The molecule has 0 amide bonds. The molecule has 0 atom stereocenters. The molecule has 0 aliphatic rings. The highest BCUT2D eigenvalue weighted by molar-refractivity contribution is 6.11. The first-order chi connectivity index (χ1) is 11.5. The van der Waals surface area contributed by atoms with Gasteiger partial charge in [-0.1, -0.05) is 18.2 Å². The van der Waals surface area contributed by atoms with Gasteiger partial charge in [0, 0.05) is 16.6 Å². The molecule has 0 saturated heterocycles. The number of nitrogens with zero attached hydrogens (tertiary/aromatic N) is 1. The number of carboxylic acid groups (broad SMARTS) is 1. The van der Waals surface area contributed by atoms with Gasteiger partial charge in [0.2, 0.25) is 0 Å². The van der Waals surface area contributed by atoms with Crippen molar-refractivity contribution in [2.24, 2.45) is 0 Å². The number of carboxylic acids is 1. The fraction of sp³-hybridized carbons (Fsp3) is 0.158. The third-order valence-corrected chi connectivity index (χ3v) is 3.94. The predicted molar refractivity (Wildman–Crippen MR) is 91.0 cm³/mol. The van der Waals surface area contributed by atoms with Crippen LogP contribution in [0, 0.1) is 6.92 Å². The van der Waals surface area contributed by atoms with Crippen molar-refractivity contribution in [1.29, 1.82) is 0 Å². The lowest BCUT2D eigenvalue weighted by molar-refractivity contribution is 0.0698. The zero-order valence-corrected chi connectivity index (χ0v) is 13.4. The van der Waals surface area contributed by atoms with E-state index in [1.54, 1.807) is 55.5 Å². The monoisotopic (exact) mass is 323 g/mol. The molecule has 0 radical (unpaired) electrons. The lowest BCUT2D eigenvalue weighted by Gasteiger charge is -2.08. The van der Waals surface area contributed by atoms with Gasteiger partial charge in [0.05, 0.1) is 17.7 Å². The van der Waals surface area contributed by atoms with E-state index >= 15 is 0 Å². The number of aromatic nitrogens is 1. The van der Waals surface area contributed by atoms with E-state index in [0.717, 1.165) is 0 Å². The van der Waals surface area contributed by atoms with Crippen molar-refractivity contribution in [3.8, 4) is 5.75 Å². The fourth-order valence-electron chi connectivity index (χ4n) is 2.89. The van der Waals surface area contributed by atoms with E-state index in [9.17, 15) is 14.7 Å². The molecule has 0 bridgehead atoms. The molecular formula is C19H17NO4. The minimum atomic E-state index is -1.04. The molecule has 1 N–H and O–H groups in total. The van der Waals surface area contributed by atoms with Crippen molar-refractivity contribution >= 4 is 22.8 Å². The Balaban J connectivity index is 2.13. The molecule has 0 aliphatic heterocycles. The van der Waals surface area contributed by atoms with Crippen molar-refractivity contribution in [3.63, 3.8) is 0 Å². The van der Waals surface area contributed by atoms with Crippen LogP contribution in [0.5, 0.6) is 5.75 Å². The van der Waals surface area contributed by atoms with Crippen LogP contribution < -0.4 is 4.74 Å². The lowest BCUT2D eigenvalue weighted by Crippen LogP contribution is -2.14. The first kappa shape index (κ1) is 15.8. The second kappa shape index (κ2) is 6.20. The van der Waals surface area contributed by atoms with Crippen molar-refractivity contribution in [3.05, 3.63) is 65.4 Å². The van der Waals surface area contributed by atoms with Crippen molar-refractivity contribution in [2.75, 3.05) is 6.61 Å². The third-order valence-electron chi connectivity index (χ3n) is 3.94. The standard InChI is InChI=1S/C19H17NO4/c1-3-24-14-10-8-13(9-11-14)18(21)20-12(2)17(19(22)23)15-6-4-5-7-16(15)20/h4-11H,3H2,1-2H3,(H,22,23). The van der Waals surface area contributed by atoms with Crippen LogP contribution >= 0.6 is 0 Å². The van der Waals surface area contributed by atoms with E-state index in [4.69, 9.17) is 4.74 Å². The van der Waals surface area contributed by atoms with E-state index in [1.165, 1.54) is 4.57 Å². The minimum Gasteiger partial charge on any atom is -0.494 e. The summed E-state index contributed by atoms with van der Waals surface area (Å²) in [5.41, 5.74) is 1.64. The zero-order valence-electron chi connectivity index (χ0n) is 13.4. The molecule has 0 saturated carbocycles. The Morgan fingerprint density at radius 1 is 1.08 bits per heavy atom. The molecule has 0 fully saturated rings. The Morgan fingerprint density at radius 2 is 1.75 bits per heavy atom. The number of benzene rings is 2. The van der Waals surface area contributed by atoms with Crippen LogP contribution in [0.1, 0.15) is 33.3 Å². The maximum Gasteiger partial charge on any atom is 0.338 e. The van der Waals surface area contributed by atoms with Gasteiger partial charge in [-0.05, 0) is 44.2 Å². The number of hydrogen-bond donors (Lipinski definition) is 1. The van der Waals surface area contributed by atoms with Crippen LogP contribution in [0.3, 0.4) is 0 Å². The second-order valence-electron chi connectivity index (χ2n) is 5.38. The summed E-state index contributed by atoms with van der Waals surface area (Å²) in [6.45, 7) is 4.09. The molecule has 24 heavy (non-hydrogen) atoms. The van der Waals surface area contributed by atoms with Crippen molar-refractivity contribution in [2.45, 2.75) is 13.8 Å². The normalized spacial score (nSPS) is 10.8. The van der Waals surface area contributed by atoms with Crippen molar-refractivity contribution in [1.82, 2.24) is 4.57 Å². The summed E-state index contributed by atoms with van der Waals surface area (Å²) in [7, 11) is 0. The van der Waals surface area contributed by atoms with Crippen LogP contribution in [0.15, 0.2) is 48.5 Å². The smallest absolute Gasteiger partial charge is 0.338 e. The van der Waals surface area contributed by atoms with Gasteiger partial charge in [0.15, 0.2) is 0 Å². The minimum absolute atomic E-state index is 0.157. The SMILES string of the molecule is CCOc1ccc(C(=O)n2c(C)c(C(=O)O)c3ccccc32)cc1. The average molecular weight is 323 g/mol. The van der Waals surface area contributed by atoms with Gasteiger partial charge in [-0.2, -0.15) is 0 Å². The van der Waals surface area contributed by atoms with Gasteiger partial charge in [0.25, 0.3) is 5.91 Å². The second-order valence-corrected chi connectivity index (χ2v) is 5.38. The molecule has 1 aromatic heterocycles. The maximum absolute atomic E-state index is 12.9. The zero-order chi connectivity index (χ0) is 17.3. The first-order valence-electron chi connectivity index (χ1n) is 7.65. The van der Waals surface area contributed by atoms with E-state index in [1.807, 2.05) is 6.92 Å². The molecule has 5 heteroatoms. The highest BCUT2D eigenvalue weighted by Gasteiger charge is 2.23. The predicted octanol–water partition coefficient (Wildman–Crippen LogP) is 3.74. The summed E-state index contributed by atoms with van der Waals surface area (Å²) >= 11 is 0. The Morgan fingerprint density at radius 3 is 2.38 bits per heavy atom. The highest BCUT2D eigenvalue weighted by Crippen LogP contribution is 2.27. The number of aromatic carboxylic acids is 1. The van der Waals surface area contributed by atoms with Gasteiger partial charge in [-0.3, -0.25) is 9.36 Å². The van der Waals surface area contributed by atoms with Crippen LogP contribution in [0.4, 0.5) is 0 Å².